The third-order valence-corrected chi connectivity index (χ3v) is 5.76. The summed E-state index contributed by atoms with van der Waals surface area (Å²) in [6, 6.07) is 17.3. The summed E-state index contributed by atoms with van der Waals surface area (Å²) in [4.78, 5) is 27.5. The Kier molecular flexibility index (Phi) is 8.23. The second-order valence-electron chi connectivity index (χ2n) is 6.87. The van der Waals surface area contributed by atoms with Crippen LogP contribution in [0.2, 0.25) is 0 Å². The van der Waals surface area contributed by atoms with Crippen molar-refractivity contribution in [1.82, 2.24) is 4.90 Å². The summed E-state index contributed by atoms with van der Waals surface area (Å²) in [7, 11) is 0. The Morgan fingerprint density at radius 3 is 2.21 bits per heavy atom. The van der Waals surface area contributed by atoms with E-state index in [1.807, 2.05) is 61.5 Å². The molecule has 0 aliphatic carbocycles. The third-order valence-electron chi connectivity index (χ3n) is 5.24. The maximum Gasteiger partial charge on any atom is 0.316 e. The molecule has 0 amide bonds. The van der Waals surface area contributed by atoms with E-state index in [9.17, 15) is 9.59 Å². The number of ether oxygens (including phenoxy) is 1. The van der Waals surface area contributed by atoms with Crippen molar-refractivity contribution < 1.29 is 14.3 Å². The first-order chi connectivity index (χ1) is 13.0. The van der Waals surface area contributed by atoms with Crippen LogP contribution in [0.3, 0.4) is 0 Å². The molecule has 0 unspecified atom stereocenters. The van der Waals surface area contributed by atoms with Crippen molar-refractivity contribution in [2.45, 2.75) is 25.2 Å². The van der Waals surface area contributed by atoms with Crippen LogP contribution in [-0.4, -0.2) is 42.9 Å². The molecule has 0 saturated carbocycles. The zero-order valence-corrected chi connectivity index (χ0v) is 18.3. The highest BCUT2D eigenvalue weighted by atomic mass is 79.9. The normalized spacial score (nSPS) is 16.1. The van der Waals surface area contributed by atoms with Crippen LogP contribution < -0.4 is 0 Å². The third kappa shape index (κ3) is 5.02. The molecule has 1 fully saturated rings. The number of halogens is 2. The number of rotatable bonds is 6. The number of carbonyl (C=O) groups excluding carboxylic acids is 2. The number of carbonyl (C=O) groups is 2. The molecule has 3 rings (SSSR count). The molecular weight excluding hydrogens is 442 g/mol. The molecule has 1 aliphatic rings. The highest BCUT2D eigenvalue weighted by molar-refractivity contribution is 9.10. The van der Waals surface area contributed by atoms with Crippen LogP contribution in [0.1, 0.15) is 35.7 Å². The van der Waals surface area contributed by atoms with Gasteiger partial charge in [0.05, 0.1) is 18.6 Å². The molecule has 1 aliphatic heterocycles. The molecule has 28 heavy (non-hydrogen) atoms. The number of ketones is 1. The van der Waals surface area contributed by atoms with E-state index in [1.165, 1.54) is 0 Å². The number of Topliss-reactive ketones (excluding diaryl/α,β-unsaturated/α-hetero) is 1. The quantitative estimate of drug-likeness (QED) is 0.459. The smallest absolute Gasteiger partial charge is 0.316 e. The fourth-order valence-electron chi connectivity index (χ4n) is 3.66. The molecule has 0 atom stereocenters. The van der Waals surface area contributed by atoms with Gasteiger partial charge in [-0.05, 0) is 37.5 Å². The first kappa shape index (κ1) is 22.6. The van der Waals surface area contributed by atoms with Crippen molar-refractivity contribution in [3.05, 3.63) is 70.2 Å². The van der Waals surface area contributed by atoms with Gasteiger partial charge in [0.15, 0.2) is 5.78 Å². The van der Waals surface area contributed by atoms with E-state index in [1.54, 1.807) is 0 Å². The molecule has 2 aromatic rings. The number of piperidine rings is 1. The lowest BCUT2D eigenvalue weighted by molar-refractivity contribution is -0.152. The molecule has 6 heteroatoms. The number of esters is 1. The Labute approximate surface area is 180 Å². The molecule has 1 saturated heterocycles. The van der Waals surface area contributed by atoms with Crippen LogP contribution >= 0.6 is 28.3 Å². The van der Waals surface area contributed by atoms with E-state index in [2.05, 4.69) is 20.8 Å². The van der Waals surface area contributed by atoms with Gasteiger partial charge in [-0.3, -0.25) is 14.5 Å². The summed E-state index contributed by atoms with van der Waals surface area (Å²) in [5.74, 6) is -0.0547. The van der Waals surface area contributed by atoms with Crippen LogP contribution in [0.25, 0.3) is 0 Å². The largest absolute Gasteiger partial charge is 0.465 e. The van der Waals surface area contributed by atoms with E-state index in [4.69, 9.17) is 4.74 Å². The topological polar surface area (TPSA) is 46.6 Å². The average molecular weight is 467 g/mol. The second-order valence-corrected chi connectivity index (χ2v) is 7.79. The Hall–Kier alpha value is -1.69. The summed E-state index contributed by atoms with van der Waals surface area (Å²) < 4.78 is 6.36. The van der Waals surface area contributed by atoms with Crippen molar-refractivity contribution in [2.24, 2.45) is 0 Å². The molecule has 150 valence electrons. The van der Waals surface area contributed by atoms with E-state index in [-0.39, 0.29) is 24.2 Å². The van der Waals surface area contributed by atoms with Gasteiger partial charge < -0.3 is 4.74 Å². The Balaban J connectivity index is 0.00000280. The van der Waals surface area contributed by atoms with Crippen molar-refractivity contribution >= 4 is 40.1 Å². The van der Waals surface area contributed by atoms with E-state index >= 15 is 0 Å². The highest BCUT2D eigenvalue weighted by Gasteiger charge is 2.44. The van der Waals surface area contributed by atoms with Gasteiger partial charge in [0.25, 0.3) is 0 Å². The van der Waals surface area contributed by atoms with Crippen LogP contribution in [-0.2, 0) is 14.9 Å². The van der Waals surface area contributed by atoms with Gasteiger partial charge in [0.1, 0.15) is 0 Å². The first-order valence-corrected chi connectivity index (χ1v) is 10.1. The van der Waals surface area contributed by atoms with Crippen LogP contribution in [0.5, 0.6) is 0 Å². The molecule has 0 aromatic heterocycles. The highest BCUT2D eigenvalue weighted by Crippen LogP contribution is 2.37. The zero-order chi connectivity index (χ0) is 19.3. The monoisotopic (exact) mass is 465 g/mol. The molecule has 0 spiro atoms. The lowest BCUT2D eigenvalue weighted by Crippen LogP contribution is -2.49. The van der Waals surface area contributed by atoms with Gasteiger partial charge in [0, 0.05) is 23.1 Å². The zero-order valence-electron chi connectivity index (χ0n) is 15.9. The minimum Gasteiger partial charge on any atom is -0.465 e. The maximum absolute atomic E-state index is 12.8. The van der Waals surface area contributed by atoms with Gasteiger partial charge in [0.2, 0.25) is 0 Å². The minimum absolute atomic E-state index is 0. The number of hydrogen-bond acceptors (Lipinski definition) is 4. The fraction of sp³-hybridized carbons (Fsp3) is 0.364. The summed E-state index contributed by atoms with van der Waals surface area (Å²) >= 11 is 3.39. The summed E-state index contributed by atoms with van der Waals surface area (Å²) in [5.41, 5.74) is 1.10. The van der Waals surface area contributed by atoms with Gasteiger partial charge in [-0.25, -0.2) is 0 Å². The minimum atomic E-state index is -0.617. The van der Waals surface area contributed by atoms with Crippen molar-refractivity contribution in [1.29, 1.82) is 0 Å². The number of nitrogens with zero attached hydrogens (tertiary/aromatic N) is 1. The molecule has 0 radical (unpaired) electrons. The van der Waals surface area contributed by atoms with Gasteiger partial charge in [-0.15, -0.1) is 12.4 Å². The van der Waals surface area contributed by atoms with Gasteiger partial charge >= 0.3 is 5.97 Å². The van der Waals surface area contributed by atoms with Crippen molar-refractivity contribution in [2.75, 3.05) is 26.2 Å². The number of benzene rings is 2. The van der Waals surface area contributed by atoms with E-state index in [0.717, 1.165) is 10.0 Å². The Morgan fingerprint density at radius 1 is 1.04 bits per heavy atom. The van der Waals surface area contributed by atoms with E-state index in [0.29, 0.717) is 44.6 Å². The Bertz CT molecular complexity index is 787. The van der Waals surface area contributed by atoms with Crippen molar-refractivity contribution in [3.8, 4) is 0 Å². The lowest BCUT2D eigenvalue weighted by atomic mass is 9.72. The predicted molar refractivity (Wildman–Crippen MR) is 116 cm³/mol. The average Bonchev–Trinajstić information content (AvgIpc) is 2.70. The number of hydrogen-bond donors (Lipinski definition) is 0. The molecule has 4 nitrogen and oxygen atoms in total. The van der Waals surface area contributed by atoms with Crippen LogP contribution in [0, 0.1) is 0 Å². The SMILES string of the molecule is CCOC(=O)C1(c2ccccc2)CCN(CC(=O)c2ccc(Br)cc2)CC1.Cl. The molecule has 0 bridgehead atoms. The summed E-state index contributed by atoms with van der Waals surface area (Å²) in [5, 5.41) is 0. The van der Waals surface area contributed by atoms with Gasteiger partial charge in [-0.1, -0.05) is 58.4 Å². The molecule has 2 aromatic carbocycles. The van der Waals surface area contributed by atoms with Crippen LogP contribution in [0.15, 0.2) is 59.1 Å². The van der Waals surface area contributed by atoms with E-state index < -0.39 is 5.41 Å². The Morgan fingerprint density at radius 2 is 1.64 bits per heavy atom. The molecular formula is C22H25BrClNO3. The van der Waals surface area contributed by atoms with Crippen molar-refractivity contribution in [3.63, 3.8) is 0 Å². The first-order valence-electron chi connectivity index (χ1n) is 9.29. The van der Waals surface area contributed by atoms with Crippen LogP contribution in [0.4, 0.5) is 0 Å². The molecule has 0 N–H and O–H groups in total. The second kappa shape index (κ2) is 10.2. The summed E-state index contributed by atoms with van der Waals surface area (Å²) in [6.45, 7) is 3.96. The predicted octanol–water partition coefficient (Wildman–Crippen LogP) is 4.65. The standard InChI is InChI=1S/C22H24BrNO3.ClH/c1-2-27-21(26)22(18-6-4-3-5-7-18)12-14-24(15-13-22)16-20(25)17-8-10-19(23)11-9-17;/h3-11H,2,12-16H2,1H3;1H. The fourth-order valence-corrected chi connectivity index (χ4v) is 3.92. The van der Waals surface area contributed by atoms with Gasteiger partial charge in [-0.2, -0.15) is 0 Å². The maximum atomic E-state index is 12.8. The lowest BCUT2D eigenvalue weighted by Gasteiger charge is -2.40. The summed E-state index contributed by atoms with van der Waals surface area (Å²) in [6.07, 6.45) is 1.31. The number of likely N-dealkylation sites (tertiary alicyclic amines) is 1. The molecule has 1 heterocycles.